The Labute approximate surface area is 185 Å². The molecule has 0 saturated carbocycles. The highest BCUT2D eigenvalue weighted by Crippen LogP contribution is 2.23. The Kier molecular flexibility index (Phi) is 7.13. The Hall–Kier alpha value is -3.12. The molecule has 1 amide bonds. The van der Waals surface area contributed by atoms with Gasteiger partial charge in [-0.25, -0.2) is 8.42 Å². The Balaban J connectivity index is 1.92. The topological polar surface area (TPSA) is 57.7 Å². The molecule has 0 N–H and O–H groups in total. The van der Waals surface area contributed by atoms with E-state index >= 15 is 0 Å². The first-order valence-electron chi connectivity index (χ1n) is 10.3. The third-order valence-electron chi connectivity index (χ3n) is 5.44. The molecular formula is C25H28N2O3S. The Morgan fingerprint density at radius 3 is 2.13 bits per heavy atom. The van der Waals surface area contributed by atoms with Crippen LogP contribution in [-0.4, -0.2) is 32.3 Å². The van der Waals surface area contributed by atoms with E-state index in [1.54, 1.807) is 41.3 Å². The summed E-state index contributed by atoms with van der Waals surface area (Å²) in [7, 11) is -2.28. The quantitative estimate of drug-likeness (QED) is 0.502. The molecule has 0 unspecified atom stereocenters. The number of para-hydroxylation sites is 1. The van der Waals surface area contributed by atoms with Crippen molar-refractivity contribution in [2.75, 3.05) is 11.4 Å². The van der Waals surface area contributed by atoms with Crippen LogP contribution in [0, 0.1) is 0 Å². The highest BCUT2D eigenvalue weighted by Gasteiger charge is 2.25. The van der Waals surface area contributed by atoms with Crippen LogP contribution in [-0.2, 0) is 16.6 Å². The molecule has 0 spiro atoms. The van der Waals surface area contributed by atoms with Crippen molar-refractivity contribution in [3.8, 4) is 0 Å². The summed E-state index contributed by atoms with van der Waals surface area (Å²) in [6, 6.07) is 25.0. The fraction of sp³-hybridized carbons (Fsp3) is 0.240. The van der Waals surface area contributed by atoms with Gasteiger partial charge in [-0.05, 0) is 49.2 Å². The lowest BCUT2D eigenvalue weighted by Crippen LogP contribution is -2.38. The molecule has 3 aromatic carbocycles. The predicted octanol–water partition coefficient (Wildman–Crippen LogP) is 4.95. The molecule has 6 heteroatoms. The minimum atomic E-state index is -3.80. The van der Waals surface area contributed by atoms with Gasteiger partial charge in [-0.15, -0.1) is 0 Å². The highest BCUT2D eigenvalue weighted by molar-refractivity contribution is 7.92. The fourth-order valence-electron chi connectivity index (χ4n) is 3.32. The van der Waals surface area contributed by atoms with Gasteiger partial charge in [0.05, 0.1) is 10.6 Å². The van der Waals surface area contributed by atoms with E-state index in [4.69, 9.17) is 0 Å². The number of hydrogen-bond acceptors (Lipinski definition) is 3. The van der Waals surface area contributed by atoms with Gasteiger partial charge < -0.3 is 4.90 Å². The fourth-order valence-corrected chi connectivity index (χ4v) is 4.56. The molecule has 0 fully saturated rings. The maximum absolute atomic E-state index is 13.4. The molecule has 0 bridgehead atoms. The van der Waals surface area contributed by atoms with Crippen molar-refractivity contribution in [3.63, 3.8) is 0 Å². The van der Waals surface area contributed by atoms with E-state index in [0.29, 0.717) is 17.8 Å². The second-order valence-electron chi connectivity index (χ2n) is 7.51. The summed E-state index contributed by atoms with van der Waals surface area (Å²) in [6.07, 6.45) is 0.799. The number of anilines is 1. The second-order valence-corrected chi connectivity index (χ2v) is 9.48. The summed E-state index contributed by atoms with van der Waals surface area (Å²) in [5.41, 5.74) is 1.95. The average molecular weight is 437 g/mol. The molecule has 3 aromatic rings. The Bertz CT molecular complexity index is 1120. The standard InChI is InChI=1S/C25H28N2O3S/c1-4-20(2)27(19-21-12-7-5-8-13-21)25(28)22-14-11-17-24(18-22)31(29,30)26(3)23-15-9-6-10-16-23/h5-18,20H,4,19H2,1-3H3/t20-/m1/s1. The first-order chi connectivity index (χ1) is 14.8. The lowest BCUT2D eigenvalue weighted by Gasteiger charge is -2.29. The molecule has 0 aromatic heterocycles. The van der Waals surface area contributed by atoms with Gasteiger partial charge in [0, 0.05) is 25.2 Å². The summed E-state index contributed by atoms with van der Waals surface area (Å²) >= 11 is 0. The number of rotatable bonds is 8. The summed E-state index contributed by atoms with van der Waals surface area (Å²) in [6.45, 7) is 4.51. The molecule has 0 aliphatic carbocycles. The number of amides is 1. The number of hydrogen-bond donors (Lipinski definition) is 0. The normalized spacial score (nSPS) is 12.2. The first kappa shape index (κ1) is 22.6. The van der Waals surface area contributed by atoms with Crippen LogP contribution in [0.5, 0.6) is 0 Å². The molecule has 0 radical (unpaired) electrons. The van der Waals surface area contributed by atoms with Gasteiger partial charge in [-0.2, -0.15) is 0 Å². The lowest BCUT2D eigenvalue weighted by molar-refractivity contribution is 0.0671. The van der Waals surface area contributed by atoms with Crippen molar-refractivity contribution in [1.29, 1.82) is 0 Å². The smallest absolute Gasteiger partial charge is 0.264 e. The van der Waals surface area contributed by atoms with Gasteiger partial charge in [-0.1, -0.05) is 61.5 Å². The van der Waals surface area contributed by atoms with Crippen molar-refractivity contribution in [2.24, 2.45) is 0 Å². The van der Waals surface area contributed by atoms with E-state index in [9.17, 15) is 13.2 Å². The summed E-state index contributed by atoms with van der Waals surface area (Å²) in [5, 5.41) is 0. The van der Waals surface area contributed by atoms with Crippen molar-refractivity contribution in [2.45, 2.75) is 37.8 Å². The summed E-state index contributed by atoms with van der Waals surface area (Å²) in [4.78, 5) is 15.3. The lowest BCUT2D eigenvalue weighted by atomic mass is 10.1. The van der Waals surface area contributed by atoms with E-state index in [1.807, 2.05) is 50.2 Å². The third-order valence-corrected chi connectivity index (χ3v) is 7.22. The molecule has 0 heterocycles. The number of nitrogens with zero attached hydrogens (tertiary/aromatic N) is 2. The SMILES string of the molecule is CC[C@@H](C)N(Cc1ccccc1)C(=O)c1cccc(S(=O)(=O)N(C)c2ccccc2)c1. The average Bonchev–Trinajstić information content (AvgIpc) is 2.82. The predicted molar refractivity (Wildman–Crippen MR) is 125 cm³/mol. The molecule has 5 nitrogen and oxygen atoms in total. The van der Waals surface area contributed by atoms with Gasteiger partial charge in [0.15, 0.2) is 0 Å². The first-order valence-corrected chi connectivity index (χ1v) is 11.8. The van der Waals surface area contributed by atoms with Crippen LogP contribution < -0.4 is 4.31 Å². The molecule has 3 rings (SSSR count). The molecule has 0 aliphatic rings. The van der Waals surface area contributed by atoms with Crippen LogP contribution in [0.25, 0.3) is 0 Å². The second kappa shape index (κ2) is 9.79. The molecule has 31 heavy (non-hydrogen) atoms. The van der Waals surface area contributed by atoms with Crippen LogP contribution in [0.4, 0.5) is 5.69 Å². The molecule has 0 saturated heterocycles. The highest BCUT2D eigenvalue weighted by atomic mass is 32.2. The Morgan fingerprint density at radius 1 is 0.903 bits per heavy atom. The van der Waals surface area contributed by atoms with Crippen LogP contribution in [0.1, 0.15) is 36.2 Å². The van der Waals surface area contributed by atoms with Crippen molar-refractivity contribution in [1.82, 2.24) is 4.90 Å². The molecule has 0 aliphatic heterocycles. The van der Waals surface area contributed by atoms with Crippen molar-refractivity contribution >= 4 is 21.6 Å². The third kappa shape index (κ3) is 5.14. The molecular weight excluding hydrogens is 408 g/mol. The van der Waals surface area contributed by atoms with E-state index in [1.165, 1.54) is 23.5 Å². The van der Waals surface area contributed by atoms with Gasteiger partial charge in [0.1, 0.15) is 0 Å². The van der Waals surface area contributed by atoms with Gasteiger partial charge >= 0.3 is 0 Å². The van der Waals surface area contributed by atoms with Gasteiger partial charge in [0.25, 0.3) is 15.9 Å². The maximum Gasteiger partial charge on any atom is 0.264 e. The van der Waals surface area contributed by atoms with E-state index in [0.717, 1.165) is 12.0 Å². The monoisotopic (exact) mass is 436 g/mol. The minimum Gasteiger partial charge on any atom is -0.332 e. The van der Waals surface area contributed by atoms with Gasteiger partial charge in [0.2, 0.25) is 0 Å². The van der Waals surface area contributed by atoms with Gasteiger partial charge in [-0.3, -0.25) is 9.10 Å². The van der Waals surface area contributed by atoms with E-state index < -0.39 is 10.0 Å². The summed E-state index contributed by atoms with van der Waals surface area (Å²) < 4.78 is 27.5. The molecule has 1 atom stereocenters. The number of benzene rings is 3. The number of carbonyl (C=O) groups is 1. The zero-order valence-corrected chi connectivity index (χ0v) is 18.9. The number of carbonyl (C=O) groups excluding carboxylic acids is 1. The van der Waals surface area contributed by atoms with E-state index in [-0.39, 0.29) is 16.8 Å². The molecule has 162 valence electrons. The summed E-state index contributed by atoms with van der Waals surface area (Å²) in [5.74, 6) is -0.183. The van der Waals surface area contributed by atoms with Crippen molar-refractivity contribution < 1.29 is 13.2 Å². The van der Waals surface area contributed by atoms with Crippen LogP contribution in [0.2, 0.25) is 0 Å². The minimum absolute atomic E-state index is 0.0139. The number of sulfonamides is 1. The van der Waals surface area contributed by atoms with Crippen LogP contribution in [0.15, 0.2) is 89.8 Å². The zero-order valence-electron chi connectivity index (χ0n) is 18.1. The van der Waals surface area contributed by atoms with E-state index in [2.05, 4.69) is 0 Å². The largest absolute Gasteiger partial charge is 0.332 e. The zero-order chi connectivity index (χ0) is 22.4. The van der Waals surface area contributed by atoms with Crippen LogP contribution >= 0.6 is 0 Å². The van der Waals surface area contributed by atoms with Crippen LogP contribution in [0.3, 0.4) is 0 Å². The maximum atomic E-state index is 13.4. The van der Waals surface area contributed by atoms with Crippen molar-refractivity contribution in [3.05, 3.63) is 96.1 Å². The Morgan fingerprint density at radius 2 is 1.52 bits per heavy atom.